The van der Waals surface area contributed by atoms with E-state index in [0.29, 0.717) is 11.8 Å². The van der Waals surface area contributed by atoms with Gasteiger partial charge in [0.15, 0.2) is 0 Å². The zero-order valence-corrected chi connectivity index (χ0v) is 10.6. The number of aliphatic hydroxyl groups excluding tert-OH is 1. The van der Waals surface area contributed by atoms with Gasteiger partial charge in [-0.3, -0.25) is 0 Å². The van der Waals surface area contributed by atoms with Crippen LogP contribution in [-0.4, -0.2) is 11.2 Å². The Labute approximate surface area is 89.9 Å². The van der Waals surface area contributed by atoms with E-state index < -0.39 is 0 Å². The molecule has 3 atom stereocenters. The molecule has 1 nitrogen and oxygen atoms in total. The van der Waals surface area contributed by atoms with Gasteiger partial charge in [0.25, 0.3) is 0 Å². The molecule has 0 rings (SSSR count). The maximum atomic E-state index is 9.93. The van der Waals surface area contributed by atoms with Gasteiger partial charge in [-0.25, -0.2) is 0 Å². The molecule has 0 heterocycles. The Bertz CT molecular complexity index is 131. The largest absolute Gasteiger partial charge is 0.393 e. The maximum absolute atomic E-state index is 9.93. The standard InChI is InChI=1S/C13H28O/c1-6-7-12(5)13(14)9-11(4)8-10(2)3/h10-14H,6-9H2,1-5H3. The van der Waals surface area contributed by atoms with Gasteiger partial charge in [-0.2, -0.15) is 0 Å². The highest BCUT2D eigenvalue weighted by molar-refractivity contribution is 4.68. The van der Waals surface area contributed by atoms with Crippen LogP contribution in [0.15, 0.2) is 0 Å². The van der Waals surface area contributed by atoms with Crippen molar-refractivity contribution in [1.29, 1.82) is 0 Å². The summed E-state index contributed by atoms with van der Waals surface area (Å²) in [6.45, 7) is 11.1. The van der Waals surface area contributed by atoms with Crippen molar-refractivity contribution in [3.05, 3.63) is 0 Å². The zero-order chi connectivity index (χ0) is 11.1. The first kappa shape index (κ1) is 14.0. The molecule has 0 saturated heterocycles. The summed E-state index contributed by atoms with van der Waals surface area (Å²) >= 11 is 0. The Morgan fingerprint density at radius 2 is 1.57 bits per heavy atom. The fourth-order valence-corrected chi connectivity index (χ4v) is 2.19. The maximum Gasteiger partial charge on any atom is 0.0568 e. The van der Waals surface area contributed by atoms with E-state index in [0.717, 1.165) is 18.8 Å². The topological polar surface area (TPSA) is 20.2 Å². The van der Waals surface area contributed by atoms with Gasteiger partial charge in [-0.05, 0) is 37.0 Å². The van der Waals surface area contributed by atoms with Crippen LogP contribution < -0.4 is 0 Å². The second-order valence-electron chi connectivity index (χ2n) is 5.30. The molecule has 1 heteroatoms. The monoisotopic (exact) mass is 200 g/mol. The average molecular weight is 200 g/mol. The lowest BCUT2D eigenvalue weighted by Gasteiger charge is -2.22. The van der Waals surface area contributed by atoms with E-state index in [-0.39, 0.29) is 6.10 Å². The Balaban J connectivity index is 3.74. The Hall–Kier alpha value is -0.0400. The van der Waals surface area contributed by atoms with Crippen molar-refractivity contribution in [2.75, 3.05) is 0 Å². The molecule has 1 N–H and O–H groups in total. The highest BCUT2D eigenvalue weighted by Gasteiger charge is 2.17. The summed E-state index contributed by atoms with van der Waals surface area (Å²) in [4.78, 5) is 0. The molecule has 0 aliphatic rings. The number of rotatable bonds is 7. The minimum atomic E-state index is -0.0938. The lowest BCUT2D eigenvalue weighted by atomic mass is 9.88. The molecule has 0 bridgehead atoms. The Morgan fingerprint density at radius 3 is 2.00 bits per heavy atom. The summed E-state index contributed by atoms with van der Waals surface area (Å²) in [5, 5.41) is 9.93. The third kappa shape index (κ3) is 6.42. The van der Waals surface area contributed by atoms with Crippen molar-refractivity contribution >= 4 is 0 Å². The van der Waals surface area contributed by atoms with Crippen LogP contribution in [-0.2, 0) is 0 Å². The van der Waals surface area contributed by atoms with E-state index in [1.54, 1.807) is 0 Å². The molecule has 3 unspecified atom stereocenters. The van der Waals surface area contributed by atoms with Crippen LogP contribution in [0.25, 0.3) is 0 Å². The first-order chi connectivity index (χ1) is 6.47. The zero-order valence-electron chi connectivity index (χ0n) is 10.6. The number of hydrogen-bond acceptors (Lipinski definition) is 1. The van der Waals surface area contributed by atoms with E-state index in [2.05, 4.69) is 34.6 Å². The van der Waals surface area contributed by atoms with Crippen molar-refractivity contribution in [2.45, 2.75) is 66.4 Å². The van der Waals surface area contributed by atoms with Crippen molar-refractivity contribution in [2.24, 2.45) is 17.8 Å². The van der Waals surface area contributed by atoms with Gasteiger partial charge in [-0.1, -0.05) is 41.0 Å². The second kappa shape index (κ2) is 7.28. The predicted molar refractivity (Wildman–Crippen MR) is 63.3 cm³/mol. The quantitative estimate of drug-likeness (QED) is 0.661. The minimum absolute atomic E-state index is 0.0938. The number of aliphatic hydroxyl groups is 1. The van der Waals surface area contributed by atoms with E-state index in [9.17, 15) is 5.11 Å². The fourth-order valence-electron chi connectivity index (χ4n) is 2.19. The molecular weight excluding hydrogens is 172 g/mol. The van der Waals surface area contributed by atoms with E-state index in [1.807, 2.05) is 0 Å². The third-order valence-corrected chi connectivity index (χ3v) is 2.92. The number of hydrogen-bond donors (Lipinski definition) is 1. The van der Waals surface area contributed by atoms with Crippen molar-refractivity contribution < 1.29 is 5.11 Å². The molecule has 0 saturated carbocycles. The average Bonchev–Trinajstić information content (AvgIpc) is 2.02. The van der Waals surface area contributed by atoms with Gasteiger partial charge >= 0.3 is 0 Å². The Morgan fingerprint density at radius 1 is 1.00 bits per heavy atom. The van der Waals surface area contributed by atoms with E-state index >= 15 is 0 Å². The summed E-state index contributed by atoms with van der Waals surface area (Å²) in [5.74, 6) is 1.87. The first-order valence-electron chi connectivity index (χ1n) is 6.15. The summed E-state index contributed by atoms with van der Waals surface area (Å²) in [6, 6.07) is 0. The Kier molecular flexibility index (Phi) is 7.26. The molecule has 0 radical (unpaired) electrons. The minimum Gasteiger partial charge on any atom is -0.393 e. The molecular formula is C13H28O. The normalized spacial score (nSPS) is 18.2. The van der Waals surface area contributed by atoms with E-state index in [4.69, 9.17) is 0 Å². The van der Waals surface area contributed by atoms with Crippen molar-refractivity contribution in [1.82, 2.24) is 0 Å². The van der Waals surface area contributed by atoms with Crippen LogP contribution >= 0.6 is 0 Å². The molecule has 0 amide bonds. The summed E-state index contributed by atoms with van der Waals surface area (Å²) in [5.41, 5.74) is 0. The third-order valence-electron chi connectivity index (χ3n) is 2.92. The molecule has 0 aliphatic carbocycles. The second-order valence-corrected chi connectivity index (χ2v) is 5.30. The lowest BCUT2D eigenvalue weighted by molar-refractivity contribution is 0.0841. The summed E-state index contributed by atoms with van der Waals surface area (Å²) in [6.07, 6.45) is 4.44. The highest BCUT2D eigenvalue weighted by atomic mass is 16.3. The first-order valence-corrected chi connectivity index (χ1v) is 6.15. The van der Waals surface area contributed by atoms with Crippen LogP contribution in [0.5, 0.6) is 0 Å². The molecule has 14 heavy (non-hydrogen) atoms. The predicted octanol–water partition coefficient (Wildman–Crippen LogP) is 3.86. The molecule has 0 aromatic rings. The molecule has 0 aromatic heterocycles. The van der Waals surface area contributed by atoms with Crippen LogP contribution in [0.2, 0.25) is 0 Å². The lowest BCUT2D eigenvalue weighted by Crippen LogP contribution is -2.21. The van der Waals surface area contributed by atoms with Gasteiger partial charge < -0.3 is 5.11 Å². The van der Waals surface area contributed by atoms with Gasteiger partial charge in [0.2, 0.25) is 0 Å². The SMILES string of the molecule is CCCC(C)C(O)CC(C)CC(C)C. The van der Waals surface area contributed by atoms with E-state index in [1.165, 1.54) is 12.8 Å². The van der Waals surface area contributed by atoms with Gasteiger partial charge in [0.1, 0.15) is 0 Å². The molecule has 0 aromatic carbocycles. The summed E-state index contributed by atoms with van der Waals surface area (Å²) < 4.78 is 0. The van der Waals surface area contributed by atoms with Crippen LogP contribution in [0.3, 0.4) is 0 Å². The van der Waals surface area contributed by atoms with Gasteiger partial charge in [-0.15, -0.1) is 0 Å². The summed E-state index contributed by atoms with van der Waals surface area (Å²) in [7, 11) is 0. The van der Waals surface area contributed by atoms with Crippen LogP contribution in [0.4, 0.5) is 0 Å². The molecule has 86 valence electrons. The van der Waals surface area contributed by atoms with Crippen LogP contribution in [0, 0.1) is 17.8 Å². The van der Waals surface area contributed by atoms with Gasteiger partial charge in [0.05, 0.1) is 6.10 Å². The van der Waals surface area contributed by atoms with Crippen LogP contribution in [0.1, 0.15) is 60.3 Å². The smallest absolute Gasteiger partial charge is 0.0568 e. The highest BCUT2D eigenvalue weighted by Crippen LogP contribution is 2.21. The van der Waals surface area contributed by atoms with Crippen molar-refractivity contribution in [3.63, 3.8) is 0 Å². The fraction of sp³-hybridized carbons (Fsp3) is 1.00. The molecule has 0 aliphatic heterocycles. The van der Waals surface area contributed by atoms with Gasteiger partial charge in [0, 0.05) is 0 Å². The molecule has 0 spiro atoms. The van der Waals surface area contributed by atoms with Crippen molar-refractivity contribution in [3.8, 4) is 0 Å². The molecule has 0 fully saturated rings.